The summed E-state index contributed by atoms with van der Waals surface area (Å²) in [5, 5.41) is 7.61. The molecule has 0 saturated carbocycles. The minimum absolute atomic E-state index is 0.251. The van der Waals surface area contributed by atoms with E-state index in [0.717, 1.165) is 5.56 Å². The van der Waals surface area contributed by atoms with Crippen LogP contribution in [0.1, 0.15) is 64.1 Å². The van der Waals surface area contributed by atoms with Crippen molar-refractivity contribution >= 4 is 23.6 Å². The van der Waals surface area contributed by atoms with Crippen LogP contribution in [0.15, 0.2) is 36.7 Å². The summed E-state index contributed by atoms with van der Waals surface area (Å²) in [4.78, 5) is 41.0. The average molecular weight is 521 g/mol. The van der Waals surface area contributed by atoms with E-state index in [4.69, 9.17) is 4.74 Å². The number of carbonyl (C=O) groups excluding carboxylic acids is 3. The fourth-order valence-corrected chi connectivity index (χ4v) is 3.92. The van der Waals surface area contributed by atoms with Crippen LogP contribution in [0.4, 0.5) is 23.7 Å². The van der Waals surface area contributed by atoms with Gasteiger partial charge in [0.2, 0.25) is 5.91 Å². The van der Waals surface area contributed by atoms with E-state index in [1.807, 2.05) is 11.4 Å². The van der Waals surface area contributed by atoms with Gasteiger partial charge in [0.05, 0.1) is 6.04 Å². The first-order valence-corrected chi connectivity index (χ1v) is 12.0. The highest BCUT2D eigenvalue weighted by Gasteiger charge is 2.38. The van der Waals surface area contributed by atoms with Crippen molar-refractivity contribution < 1.29 is 32.3 Å². The highest BCUT2D eigenvalue weighted by atomic mass is 19.4. The zero-order valence-corrected chi connectivity index (χ0v) is 21.2. The number of hydrogen-bond acceptors (Lipinski definition) is 5. The van der Waals surface area contributed by atoms with Gasteiger partial charge in [-0.05, 0) is 56.9 Å². The Hall–Kier alpha value is -3.63. The Labute approximate surface area is 213 Å². The maximum atomic E-state index is 12.9. The summed E-state index contributed by atoms with van der Waals surface area (Å²) in [7, 11) is 0. The number of pyridine rings is 1. The van der Waals surface area contributed by atoms with Crippen LogP contribution >= 0.6 is 0 Å². The summed E-state index contributed by atoms with van der Waals surface area (Å²) in [5.74, 6) is -2.66. The SMILES string of the molecule is C[C@@H]1CCC[C@H](NC(=O)OC(C)(C)C)c2cncc(c2)-c2ccc(CNC(=O)C(F)(F)F)cc2NC1=O. The van der Waals surface area contributed by atoms with Crippen molar-refractivity contribution in [2.45, 2.75) is 71.3 Å². The maximum Gasteiger partial charge on any atom is 0.471 e. The van der Waals surface area contributed by atoms with Gasteiger partial charge in [-0.25, -0.2) is 4.79 Å². The molecule has 0 aliphatic carbocycles. The topological polar surface area (TPSA) is 109 Å². The molecule has 0 saturated heterocycles. The molecule has 1 aliphatic rings. The Morgan fingerprint density at radius 1 is 1.14 bits per heavy atom. The van der Waals surface area contributed by atoms with E-state index < -0.39 is 29.8 Å². The van der Waals surface area contributed by atoms with E-state index in [-0.39, 0.29) is 18.4 Å². The van der Waals surface area contributed by atoms with Crippen LogP contribution in [-0.4, -0.2) is 34.7 Å². The number of benzene rings is 1. The summed E-state index contributed by atoms with van der Waals surface area (Å²) in [6, 6.07) is 6.19. The quantitative estimate of drug-likeness (QED) is 0.512. The van der Waals surface area contributed by atoms with Crippen molar-refractivity contribution in [1.29, 1.82) is 0 Å². The number of hydrogen-bond donors (Lipinski definition) is 3. The van der Waals surface area contributed by atoms with E-state index in [1.54, 1.807) is 52.2 Å². The number of aromatic nitrogens is 1. The van der Waals surface area contributed by atoms with Gasteiger partial charge < -0.3 is 20.7 Å². The van der Waals surface area contributed by atoms with Crippen molar-refractivity contribution in [3.05, 3.63) is 47.8 Å². The molecule has 0 spiro atoms. The van der Waals surface area contributed by atoms with Crippen molar-refractivity contribution in [3.8, 4) is 11.1 Å². The second-order valence-electron chi connectivity index (χ2n) is 10.1. The first kappa shape index (κ1) is 27.9. The van der Waals surface area contributed by atoms with Gasteiger partial charge in [-0.1, -0.05) is 25.5 Å². The van der Waals surface area contributed by atoms with Crippen LogP contribution in [0.2, 0.25) is 0 Å². The summed E-state index contributed by atoms with van der Waals surface area (Å²) in [5.41, 5.74) is 2.07. The largest absolute Gasteiger partial charge is 0.471 e. The number of halogens is 3. The molecule has 1 aromatic carbocycles. The summed E-state index contributed by atoms with van der Waals surface area (Å²) in [6.45, 7) is 6.74. The first-order valence-electron chi connectivity index (χ1n) is 12.0. The van der Waals surface area contributed by atoms with Crippen LogP contribution in [0.3, 0.4) is 0 Å². The van der Waals surface area contributed by atoms with Crippen LogP contribution in [0.25, 0.3) is 11.1 Å². The van der Waals surface area contributed by atoms with Crippen LogP contribution < -0.4 is 16.0 Å². The number of anilines is 1. The second kappa shape index (κ2) is 11.2. The third kappa shape index (κ3) is 7.93. The lowest BCUT2D eigenvalue weighted by molar-refractivity contribution is -0.173. The lowest BCUT2D eigenvalue weighted by Gasteiger charge is -2.25. The van der Waals surface area contributed by atoms with E-state index in [1.165, 1.54) is 6.07 Å². The predicted molar refractivity (Wildman–Crippen MR) is 131 cm³/mol. The molecule has 0 unspecified atom stereocenters. The number of rotatable bonds is 3. The molecule has 3 N–H and O–H groups in total. The molecule has 200 valence electrons. The van der Waals surface area contributed by atoms with E-state index in [9.17, 15) is 27.6 Å². The lowest BCUT2D eigenvalue weighted by atomic mass is 9.94. The summed E-state index contributed by atoms with van der Waals surface area (Å²) >= 11 is 0. The lowest BCUT2D eigenvalue weighted by Crippen LogP contribution is -2.36. The van der Waals surface area contributed by atoms with Gasteiger partial charge in [0, 0.05) is 41.7 Å². The zero-order valence-electron chi connectivity index (χ0n) is 21.2. The molecule has 0 fully saturated rings. The van der Waals surface area contributed by atoms with Crippen molar-refractivity contribution in [2.24, 2.45) is 5.92 Å². The van der Waals surface area contributed by atoms with E-state index >= 15 is 0 Å². The minimum Gasteiger partial charge on any atom is -0.444 e. The Bertz CT molecular complexity index is 1160. The van der Waals surface area contributed by atoms with Crippen LogP contribution in [-0.2, 0) is 20.9 Å². The van der Waals surface area contributed by atoms with Crippen molar-refractivity contribution in [3.63, 3.8) is 0 Å². The predicted octanol–water partition coefficient (Wildman–Crippen LogP) is 5.25. The fraction of sp³-hybridized carbons (Fsp3) is 0.462. The molecule has 2 aromatic rings. The van der Waals surface area contributed by atoms with Gasteiger partial charge in [-0.2, -0.15) is 13.2 Å². The fourth-order valence-electron chi connectivity index (χ4n) is 3.92. The van der Waals surface area contributed by atoms with Crippen molar-refractivity contribution in [2.75, 3.05) is 5.32 Å². The molecule has 3 rings (SSSR count). The smallest absolute Gasteiger partial charge is 0.444 e. The standard InChI is InChI=1S/C26H31F3N4O4/c1-15-6-5-7-20(33-24(36)37-25(2,3)4)18-11-17(13-30-14-18)19-9-8-16(10-21(19)32-22(15)34)12-31-23(35)26(27,28)29/h8-11,13-15,20H,5-7,12H2,1-4H3,(H,31,35)(H,32,34)(H,33,36)/t15-,20+/m1/s1. The van der Waals surface area contributed by atoms with Crippen LogP contribution in [0.5, 0.6) is 0 Å². The Morgan fingerprint density at radius 2 is 1.86 bits per heavy atom. The number of carbonyl (C=O) groups is 3. The van der Waals surface area contributed by atoms with Gasteiger partial charge >= 0.3 is 18.2 Å². The number of ether oxygens (including phenoxy) is 1. The molecule has 3 amide bonds. The summed E-state index contributed by atoms with van der Waals surface area (Å²) < 4.78 is 43.1. The highest BCUT2D eigenvalue weighted by molar-refractivity contribution is 5.96. The normalized spacial score (nSPS) is 18.4. The summed E-state index contributed by atoms with van der Waals surface area (Å²) in [6.07, 6.45) is -0.563. The number of nitrogens with zero attached hydrogens (tertiary/aromatic N) is 1. The monoisotopic (exact) mass is 520 g/mol. The van der Waals surface area contributed by atoms with Gasteiger partial charge in [-0.15, -0.1) is 0 Å². The molecular weight excluding hydrogens is 489 g/mol. The third-order valence-corrected chi connectivity index (χ3v) is 5.79. The molecule has 2 heterocycles. The Morgan fingerprint density at radius 3 is 2.54 bits per heavy atom. The first-order chi connectivity index (χ1) is 17.2. The molecule has 1 aromatic heterocycles. The molecule has 11 heteroatoms. The number of nitrogens with one attached hydrogen (secondary N) is 3. The molecule has 2 bridgehead atoms. The second-order valence-corrected chi connectivity index (χ2v) is 10.1. The molecule has 2 atom stereocenters. The molecule has 8 nitrogen and oxygen atoms in total. The Kier molecular flexibility index (Phi) is 8.45. The zero-order chi connectivity index (χ0) is 27.4. The molecule has 37 heavy (non-hydrogen) atoms. The molecule has 1 aliphatic heterocycles. The van der Waals surface area contributed by atoms with Gasteiger partial charge in [0.15, 0.2) is 0 Å². The van der Waals surface area contributed by atoms with Crippen molar-refractivity contribution in [1.82, 2.24) is 15.6 Å². The van der Waals surface area contributed by atoms with Gasteiger partial charge in [0.1, 0.15) is 5.60 Å². The average Bonchev–Trinajstić information content (AvgIpc) is 2.79. The van der Waals surface area contributed by atoms with E-state index in [0.29, 0.717) is 41.6 Å². The third-order valence-electron chi connectivity index (χ3n) is 5.79. The molecular formula is C26H31F3N4O4. The number of amides is 3. The van der Waals surface area contributed by atoms with Crippen LogP contribution in [0, 0.1) is 5.92 Å². The molecule has 0 radical (unpaired) electrons. The highest BCUT2D eigenvalue weighted by Crippen LogP contribution is 2.33. The van der Waals surface area contributed by atoms with Gasteiger partial charge in [0.25, 0.3) is 0 Å². The minimum atomic E-state index is -4.99. The van der Waals surface area contributed by atoms with Gasteiger partial charge in [-0.3, -0.25) is 14.6 Å². The number of fused-ring (bicyclic) bond motifs is 4. The number of alkyl halides is 3. The maximum absolute atomic E-state index is 12.9. The number of alkyl carbamates (subject to hydrolysis) is 1. The Balaban J connectivity index is 1.96. The van der Waals surface area contributed by atoms with E-state index in [2.05, 4.69) is 15.6 Å².